The van der Waals surface area contributed by atoms with Crippen molar-refractivity contribution in [3.8, 4) is 6.07 Å². The van der Waals surface area contributed by atoms with E-state index in [9.17, 15) is 9.90 Å². The molecule has 2 N–H and O–H groups in total. The summed E-state index contributed by atoms with van der Waals surface area (Å²) in [5, 5.41) is 26.6. The van der Waals surface area contributed by atoms with Gasteiger partial charge in [-0.2, -0.15) is 5.26 Å². The first-order valence-electron chi connectivity index (χ1n) is 3.67. The molecule has 0 amide bonds. The lowest BCUT2D eigenvalue weighted by Crippen LogP contribution is -2.12. The first-order chi connectivity index (χ1) is 6.57. The van der Waals surface area contributed by atoms with Crippen molar-refractivity contribution in [2.45, 2.75) is 6.10 Å². The van der Waals surface area contributed by atoms with E-state index in [0.717, 1.165) is 0 Å². The predicted octanol–water partition coefficient (Wildman–Crippen LogP) is 1.33. The number of carboxylic acids is 1. The zero-order valence-corrected chi connectivity index (χ0v) is 7.69. The molecule has 0 radical (unpaired) electrons. The number of nitriles is 1. The van der Waals surface area contributed by atoms with Crippen LogP contribution in [0.1, 0.15) is 17.2 Å². The monoisotopic (exact) mass is 211 g/mol. The van der Waals surface area contributed by atoms with Crippen molar-refractivity contribution < 1.29 is 15.0 Å². The highest BCUT2D eigenvalue weighted by molar-refractivity contribution is 6.31. The van der Waals surface area contributed by atoms with Crippen LogP contribution in [0, 0.1) is 11.3 Å². The fraction of sp³-hybridized carbons (Fsp3) is 0.111. The van der Waals surface area contributed by atoms with Gasteiger partial charge in [0.25, 0.3) is 0 Å². The summed E-state index contributed by atoms with van der Waals surface area (Å²) in [6.45, 7) is 0. The molecule has 1 aromatic carbocycles. The van der Waals surface area contributed by atoms with E-state index in [0.29, 0.717) is 0 Å². The highest BCUT2D eigenvalue weighted by Crippen LogP contribution is 2.24. The molecule has 0 aliphatic carbocycles. The van der Waals surface area contributed by atoms with Crippen LogP contribution >= 0.6 is 11.6 Å². The molecule has 0 aliphatic heterocycles. The number of hydrogen-bond acceptors (Lipinski definition) is 3. The summed E-state index contributed by atoms with van der Waals surface area (Å²) in [4.78, 5) is 10.5. The second-order valence-electron chi connectivity index (χ2n) is 2.56. The minimum Gasteiger partial charge on any atom is -0.479 e. The number of halogens is 1. The Bertz CT molecular complexity index is 411. The quantitative estimate of drug-likeness (QED) is 0.773. The summed E-state index contributed by atoms with van der Waals surface area (Å²) in [6, 6.07) is 6.03. The lowest BCUT2D eigenvalue weighted by Gasteiger charge is -2.08. The molecule has 14 heavy (non-hydrogen) atoms. The Kier molecular flexibility index (Phi) is 3.07. The highest BCUT2D eigenvalue weighted by atomic mass is 35.5. The van der Waals surface area contributed by atoms with Gasteiger partial charge in [-0.25, -0.2) is 4.79 Å². The number of aliphatic hydroxyl groups is 1. The van der Waals surface area contributed by atoms with Crippen molar-refractivity contribution >= 4 is 17.6 Å². The van der Waals surface area contributed by atoms with Crippen molar-refractivity contribution in [1.29, 1.82) is 5.26 Å². The van der Waals surface area contributed by atoms with E-state index in [1.165, 1.54) is 18.2 Å². The van der Waals surface area contributed by atoms with Gasteiger partial charge in [0.1, 0.15) is 6.07 Å². The summed E-state index contributed by atoms with van der Waals surface area (Å²) in [5.74, 6) is -1.41. The molecule has 0 saturated carbocycles. The molecule has 0 saturated heterocycles. The lowest BCUT2D eigenvalue weighted by atomic mass is 10.0. The van der Waals surface area contributed by atoms with E-state index in [-0.39, 0.29) is 16.1 Å². The van der Waals surface area contributed by atoms with Gasteiger partial charge in [0.05, 0.1) is 10.6 Å². The van der Waals surface area contributed by atoms with Crippen LogP contribution in [0.25, 0.3) is 0 Å². The van der Waals surface area contributed by atoms with Crippen molar-refractivity contribution in [1.82, 2.24) is 0 Å². The summed E-state index contributed by atoms with van der Waals surface area (Å²) in [7, 11) is 0. The molecule has 0 heterocycles. The third-order valence-corrected chi connectivity index (χ3v) is 2.00. The van der Waals surface area contributed by atoms with Crippen molar-refractivity contribution in [3.05, 3.63) is 34.3 Å². The molecular formula is C9H6ClNO3. The highest BCUT2D eigenvalue weighted by Gasteiger charge is 2.20. The molecule has 0 fully saturated rings. The summed E-state index contributed by atoms with van der Waals surface area (Å²) < 4.78 is 0. The van der Waals surface area contributed by atoms with Crippen LogP contribution in [-0.2, 0) is 4.79 Å². The normalized spacial score (nSPS) is 11.8. The van der Waals surface area contributed by atoms with Gasteiger partial charge < -0.3 is 10.2 Å². The number of carboxylic acid groups (broad SMARTS) is 1. The van der Waals surface area contributed by atoms with Gasteiger partial charge in [0, 0.05) is 5.56 Å². The van der Waals surface area contributed by atoms with Crippen LogP contribution in [0.15, 0.2) is 18.2 Å². The van der Waals surface area contributed by atoms with Gasteiger partial charge >= 0.3 is 5.97 Å². The van der Waals surface area contributed by atoms with Gasteiger partial charge in [0.15, 0.2) is 6.10 Å². The third-order valence-electron chi connectivity index (χ3n) is 1.69. The van der Waals surface area contributed by atoms with Gasteiger partial charge in [-0.15, -0.1) is 0 Å². The van der Waals surface area contributed by atoms with E-state index < -0.39 is 12.1 Å². The molecule has 72 valence electrons. The Labute approximate surface area is 85.0 Å². The number of nitrogens with zero attached hydrogens (tertiary/aromatic N) is 1. The Morgan fingerprint density at radius 2 is 2.21 bits per heavy atom. The largest absolute Gasteiger partial charge is 0.479 e. The second-order valence-corrected chi connectivity index (χ2v) is 2.96. The minimum atomic E-state index is -1.72. The van der Waals surface area contributed by atoms with E-state index in [1.807, 2.05) is 0 Å². The van der Waals surface area contributed by atoms with Crippen LogP contribution < -0.4 is 0 Å². The molecule has 0 aliphatic rings. The summed E-state index contributed by atoms with van der Waals surface area (Å²) in [6.07, 6.45) is -1.72. The average Bonchev–Trinajstić information content (AvgIpc) is 2.16. The summed E-state index contributed by atoms with van der Waals surface area (Å²) >= 11 is 5.65. The Morgan fingerprint density at radius 3 is 2.71 bits per heavy atom. The molecule has 1 rings (SSSR count). The molecule has 0 bridgehead atoms. The van der Waals surface area contributed by atoms with Crippen molar-refractivity contribution in [2.75, 3.05) is 0 Å². The van der Waals surface area contributed by atoms with Gasteiger partial charge in [0.2, 0.25) is 0 Å². The molecule has 1 atom stereocenters. The fourth-order valence-electron chi connectivity index (χ4n) is 1.02. The van der Waals surface area contributed by atoms with E-state index in [1.54, 1.807) is 6.07 Å². The standard InChI is InChI=1S/C9H6ClNO3/c10-7-3-1-2-5(6(7)4-11)8(12)9(13)14/h1-3,8,12H,(H,13,14). The fourth-order valence-corrected chi connectivity index (χ4v) is 1.24. The number of rotatable bonds is 2. The Morgan fingerprint density at radius 1 is 1.57 bits per heavy atom. The van der Waals surface area contributed by atoms with Crippen molar-refractivity contribution in [2.24, 2.45) is 0 Å². The maximum absolute atomic E-state index is 10.5. The number of aliphatic hydroxyl groups excluding tert-OH is 1. The molecule has 1 aromatic rings. The molecule has 5 heteroatoms. The molecule has 4 nitrogen and oxygen atoms in total. The first kappa shape index (κ1) is 10.5. The third kappa shape index (κ3) is 1.84. The second kappa shape index (κ2) is 4.09. The van der Waals surface area contributed by atoms with Crippen LogP contribution in [0.3, 0.4) is 0 Å². The van der Waals surface area contributed by atoms with Gasteiger partial charge in [-0.1, -0.05) is 23.7 Å². The molecular weight excluding hydrogens is 206 g/mol. The number of benzene rings is 1. The average molecular weight is 212 g/mol. The number of hydrogen-bond donors (Lipinski definition) is 2. The van der Waals surface area contributed by atoms with E-state index >= 15 is 0 Å². The zero-order chi connectivity index (χ0) is 10.7. The molecule has 0 spiro atoms. The van der Waals surface area contributed by atoms with Crippen LogP contribution in [0.2, 0.25) is 5.02 Å². The summed E-state index contributed by atoms with van der Waals surface area (Å²) in [5.41, 5.74) is -0.00318. The molecule has 1 unspecified atom stereocenters. The van der Waals surface area contributed by atoms with Gasteiger partial charge in [-0.3, -0.25) is 0 Å². The van der Waals surface area contributed by atoms with E-state index in [4.69, 9.17) is 22.0 Å². The molecule has 0 aromatic heterocycles. The smallest absolute Gasteiger partial charge is 0.337 e. The Balaban J connectivity index is 3.29. The maximum Gasteiger partial charge on any atom is 0.337 e. The SMILES string of the molecule is N#Cc1c(Cl)cccc1C(O)C(=O)O. The zero-order valence-electron chi connectivity index (χ0n) is 6.94. The van der Waals surface area contributed by atoms with Gasteiger partial charge in [-0.05, 0) is 6.07 Å². The van der Waals surface area contributed by atoms with Crippen molar-refractivity contribution in [3.63, 3.8) is 0 Å². The number of carbonyl (C=O) groups is 1. The Hall–Kier alpha value is -1.57. The first-order valence-corrected chi connectivity index (χ1v) is 4.05. The van der Waals surface area contributed by atoms with Crippen LogP contribution in [0.4, 0.5) is 0 Å². The predicted molar refractivity (Wildman–Crippen MR) is 48.8 cm³/mol. The maximum atomic E-state index is 10.5. The lowest BCUT2D eigenvalue weighted by molar-refractivity contribution is -0.146. The number of aliphatic carboxylic acids is 1. The van der Waals surface area contributed by atoms with Crippen LogP contribution in [0.5, 0.6) is 0 Å². The topological polar surface area (TPSA) is 81.3 Å². The minimum absolute atomic E-state index is 0.00694. The van der Waals surface area contributed by atoms with E-state index in [2.05, 4.69) is 0 Å². The van der Waals surface area contributed by atoms with Crippen LogP contribution in [-0.4, -0.2) is 16.2 Å².